The van der Waals surface area contributed by atoms with Crippen molar-refractivity contribution < 1.29 is 14.7 Å². The number of rotatable bonds is 7. The Hall–Kier alpha value is -1.49. The molecule has 0 spiro atoms. The Morgan fingerprint density at radius 2 is 2.00 bits per heavy atom. The molecule has 1 aromatic carbocycles. The average molecular weight is 281 g/mol. The summed E-state index contributed by atoms with van der Waals surface area (Å²) in [4.78, 5) is 23.3. The third kappa shape index (κ3) is 5.79. The average Bonchev–Trinajstić information content (AvgIpc) is 2.34. The number of carboxylic acids is 1. The van der Waals surface area contributed by atoms with Crippen LogP contribution in [0.15, 0.2) is 29.2 Å². The Kier molecular flexibility index (Phi) is 6.42. The largest absolute Gasteiger partial charge is 0.481 e. The summed E-state index contributed by atoms with van der Waals surface area (Å²) in [6, 6.07) is 7.45. The molecule has 0 aliphatic heterocycles. The van der Waals surface area contributed by atoms with Gasteiger partial charge in [-0.3, -0.25) is 9.59 Å². The highest BCUT2D eigenvalue weighted by Crippen LogP contribution is 2.26. The van der Waals surface area contributed by atoms with Gasteiger partial charge in [-0.15, -0.1) is 11.8 Å². The van der Waals surface area contributed by atoms with Crippen molar-refractivity contribution in [2.75, 3.05) is 6.54 Å². The van der Waals surface area contributed by atoms with Gasteiger partial charge in [0, 0.05) is 23.1 Å². The fourth-order valence-corrected chi connectivity index (χ4v) is 2.50. The zero-order valence-electron chi connectivity index (χ0n) is 11.2. The molecule has 1 amide bonds. The molecule has 2 N–H and O–H groups in total. The van der Waals surface area contributed by atoms with Gasteiger partial charge in [-0.05, 0) is 18.6 Å². The maximum Gasteiger partial charge on any atom is 0.303 e. The summed E-state index contributed by atoms with van der Waals surface area (Å²) in [6.45, 7) is 4.53. The maximum absolute atomic E-state index is 12.0. The van der Waals surface area contributed by atoms with Crippen LogP contribution in [0.3, 0.4) is 0 Å². The van der Waals surface area contributed by atoms with Crippen LogP contribution in [-0.4, -0.2) is 28.8 Å². The lowest BCUT2D eigenvalue weighted by atomic mass is 10.2. The van der Waals surface area contributed by atoms with Crippen molar-refractivity contribution in [3.63, 3.8) is 0 Å². The molecule has 5 heteroatoms. The molecule has 0 aliphatic carbocycles. The smallest absolute Gasteiger partial charge is 0.303 e. The molecule has 0 saturated carbocycles. The molecular formula is C14H19NO3S. The molecule has 0 fully saturated rings. The first-order valence-electron chi connectivity index (χ1n) is 6.26. The van der Waals surface area contributed by atoms with E-state index in [0.717, 1.165) is 4.90 Å². The maximum atomic E-state index is 12.0. The molecule has 0 saturated heterocycles. The minimum atomic E-state index is -0.843. The van der Waals surface area contributed by atoms with Crippen LogP contribution in [0.2, 0.25) is 0 Å². The molecule has 0 bridgehead atoms. The molecule has 0 aliphatic rings. The minimum Gasteiger partial charge on any atom is -0.481 e. The lowest BCUT2D eigenvalue weighted by molar-refractivity contribution is -0.137. The SMILES string of the molecule is CC(C)Sc1ccccc1C(=O)NCCCC(=O)O. The van der Waals surface area contributed by atoms with Crippen LogP contribution in [0.25, 0.3) is 0 Å². The van der Waals surface area contributed by atoms with Crippen LogP contribution in [0.1, 0.15) is 37.0 Å². The van der Waals surface area contributed by atoms with Crippen molar-refractivity contribution in [1.82, 2.24) is 5.32 Å². The number of carboxylic acid groups (broad SMARTS) is 1. The van der Waals surface area contributed by atoms with Gasteiger partial charge < -0.3 is 10.4 Å². The first kappa shape index (κ1) is 15.6. The predicted octanol–water partition coefficient (Wildman–Crippen LogP) is 2.78. The fourth-order valence-electron chi connectivity index (χ4n) is 1.55. The van der Waals surface area contributed by atoms with Crippen LogP contribution >= 0.6 is 11.8 Å². The normalized spacial score (nSPS) is 10.5. The summed E-state index contributed by atoms with van der Waals surface area (Å²) in [5.74, 6) is -0.987. The van der Waals surface area contributed by atoms with Crippen molar-refractivity contribution >= 4 is 23.6 Å². The standard InChI is InChI=1S/C14H19NO3S/c1-10(2)19-12-7-4-3-6-11(12)14(18)15-9-5-8-13(16)17/h3-4,6-7,10H,5,8-9H2,1-2H3,(H,15,18)(H,16,17). The van der Waals surface area contributed by atoms with E-state index in [9.17, 15) is 9.59 Å². The third-order valence-corrected chi connectivity index (χ3v) is 3.43. The number of carbonyl (C=O) groups excluding carboxylic acids is 1. The summed E-state index contributed by atoms with van der Waals surface area (Å²) >= 11 is 1.64. The fraction of sp³-hybridized carbons (Fsp3) is 0.429. The second-order valence-corrected chi connectivity index (χ2v) is 6.03. The molecular weight excluding hydrogens is 262 g/mol. The van der Waals surface area contributed by atoms with Gasteiger partial charge in [-0.2, -0.15) is 0 Å². The summed E-state index contributed by atoms with van der Waals surface area (Å²) in [7, 11) is 0. The van der Waals surface area contributed by atoms with E-state index in [1.807, 2.05) is 18.2 Å². The Balaban J connectivity index is 2.58. The van der Waals surface area contributed by atoms with E-state index in [1.54, 1.807) is 17.8 Å². The Bertz CT molecular complexity index is 446. The van der Waals surface area contributed by atoms with Gasteiger partial charge in [0.25, 0.3) is 5.91 Å². The Morgan fingerprint density at radius 3 is 2.63 bits per heavy atom. The predicted molar refractivity (Wildman–Crippen MR) is 76.6 cm³/mol. The number of amides is 1. The van der Waals surface area contributed by atoms with Gasteiger partial charge >= 0.3 is 5.97 Å². The summed E-state index contributed by atoms with van der Waals surface area (Å²) < 4.78 is 0. The minimum absolute atomic E-state index is 0.0721. The number of thioether (sulfide) groups is 1. The van der Waals surface area contributed by atoms with Crippen LogP contribution in [0.4, 0.5) is 0 Å². The van der Waals surface area contributed by atoms with Crippen LogP contribution < -0.4 is 5.32 Å². The molecule has 19 heavy (non-hydrogen) atoms. The second kappa shape index (κ2) is 7.84. The van der Waals surface area contributed by atoms with Gasteiger partial charge in [-0.1, -0.05) is 26.0 Å². The number of nitrogens with one attached hydrogen (secondary N) is 1. The van der Waals surface area contributed by atoms with Gasteiger partial charge in [-0.25, -0.2) is 0 Å². The van der Waals surface area contributed by atoms with E-state index in [1.165, 1.54) is 0 Å². The number of carbonyl (C=O) groups is 2. The van der Waals surface area contributed by atoms with Crippen molar-refractivity contribution in [2.24, 2.45) is 0 Å². The van der Waals surface area contributed by atoms with E-state index >= 15 is 0 Å². The summed E-state index contributed by atoms with van der Waals surface area (Å²) in [5.41, 5.74) is 0.650. The topological polar surface area (TPSA) is 66.4 Å². The molecule has 0 aromatic heterocycles. The van der Waals surface area contributed by atoms with Crippen LogP contribution in [-0.2, 0) is 4.79 Å². The van der Waals surface area contributed by atoms with Crippen molar-refractivity contribution in [3.05, 3.63) is 29.8 Å². The molecule has 1 aromatic rings. The van der Waals surface area contributed by atoms with Gasteiger partial charge in [0.05, 0.1) is 5.56 Å². The monoisotopic (exact) mass is 281 g/mol. The highest BCUT2D eigenvalue weighted by Gasteiger charge is 2.11. The van der Waals surface area contributed by atoms with Crippen molar-refractivity contribution in [2.45, 2.75) is 36.8 Å². The molecule has 4 nitrogen and oxygen atoms in total. The van der Waals surface area contributed by atoms with Gasteiger partial charge in [0.1, 0.15) is 0 Å². The third-order valence-electron chi connectivity index (χ3n) is 2.35. The van der Waals surface area contributed by atoms with E-state index in [-0.39, 0.29) is 12.3 Å². The lowest BCUT2D eigenvalue weighted by Gasteiger charge is -2.11. The van der Waals surface area contributed by atoms with Crippen LogP contribution in [0.5, 0.6) is 0 Å². The van der Waals surface area contributed by atoms with Crippen molar-refractivity contribution in [1.29, 1.82) is 0 Å². The van der Waals surface area contributed by atoms with E-state index in [2.05, 4.69) is 19.2 Å². The molecule has 0 radical (unpaired) electrons. The lowest BCUT2D eigenvalue weighted by Crippen LogP contribution is -2.25. The molecule has 0 atom stereocenters. The van der Waals surface area contributed by atoms with E-state index < -0.39 is 5.97 Å². The quantitative estimate of drug-likeness (QED) is 0.596. The zero-order chi connectivity index (χ0) is 14.3. The number of hydrogen-bond acceptors (Lipinski definition) is 3. The number of hydrogen-bond donors (Lipinski definition) is 2. The molecule has 0 heterocycles. The first-order chi connectivity index (χ1) is 9.00. The first-order valence-corrected chi connectivity index (χ1v) is 7.14. The summed E-state index contributed by atoms with van der Waals surface area (Å²) in [5, 5.41) is 11.7. The van der Waals surface area contributed by atoms with E-state index in [0.29, 0.717) is 23.8 Å². The van der Waals surface area contributed by atoms with E-state index in [4.69, 9.17) is 5.11 Å². The number of benzene rings is 1. The van der Waals surface area contributed by atoms with Crippen LogP contribution in [0, 0.1) is 0 Å². The van der Waals surface area contributed by atoms with Gasteiger partial charge in [0.2, 0.25) is 0 Å². The highest BCUT2D eigenvalue weighted by atomic mass is 32.2. The van der Waals surface area contributed by atoms with Gasteiger partial charge in [0.15, 0.2) is 0 Å². The molecule has 1 rings (SSSR count). The molecule has 104 valence electrons. The zero-order valence-corrected chi connectivity index (χ0v) is 12.0. The molecule has 0 unspecified atom stereocenters. The van der Waals surface area contributed by atoms with Crippen molar-refractivity contribution in [3.8, 4) is 0 Å². The Morgan fingerprint density at radius 1 is 1.32 bits per heavy atom. The second-order valence-electron chi connectivity index (χ2n) is 4.42. The highest BCUT2D eigenvalue weighted by molar-refractivity contribution is 8.00. The summed E-state index contributed by atoms with van der Waals surface area (Å²) in [6.07, 6.45) is 0.517. The number of aliphatic carboxylic acids is 1. The Labute approximate surface area is 117 Å².